The lowest BCUT2D eigenvalue weighted by atomic mass is 10.0. The van der Waals surface area contributed by atoms with Crippen molar-refractivity contribution < 1.29 is 9.26 Å². The van der Waals surface area contributed by atoms with Crippen LogP contribution >= 0.6 is 0 Å². The molecule has 1 aromatic heterocycles. The summed E-state index contributed by atoms with van der Waals surface area (Å²) in [6, 6.07) is 8.07. The van der Waals surface area contributed by atoms with Crippen molar-refractivity contribution in [3.63, 3.8) is 0 Å². The summed E-state index contributed by atoms with van der Waals surface area (Å²) >= 11 is 0. The van der Waals surface area contributed by atoms with Gasteiger partial charge in [-0.25, -0.2) is 0 Å². The molecule has 0 saturated heterocycles. The van der Waals surface area contributed by atoms with E-state index < -0.39 is 0 Å². The van der Waals surface area contributed by atoms with Crippen LogP contribution in [0.1, 0.15) is 50.4 Å². The smallest absolute Gasteiger partial charge is 0.264 e. The van der Waals surface area contributed by atoms with Gasteiger partial charge in [0.2, 0.25) is 0 Å². The van der Waals surface area contributed by atoms with Gasteiger partial charge in [-0.05, 0) is 24.5 Å². The first kappa shape index (κ1) is 15.5. The quantitative estimate of drug-likeness (QED) is 0.848. The minimum atomic E-state index is 0.144. The molecule has 1 aromatic carbocycles. The number of rotatable bonds is 7. The molecule has 21 heavy (non-hydrogen) atoms. The largest absolute Gasteiger partial charge is 0.483 e. The summed E-state index contributed by atoms with van der Waals surface area (Å²) in [6.07, 6.45) is 1.74. The Bertz CT molecular complexity index is 566. The number of para-hydroxylation sites is 1. The summed E-state index contributed by atoms with van der Waals surface area (Å²) < 4.78 is 11.0. The second kappa shape index (κ2) is 7.22. The van der Waals surface area contributed by atoms with Crippen molar-refractivity contribution in [2.24, 2.45) is 5.73 Å². The van der Waals surface area contributed by atoms with E-state index in [2.05, 4.69) is 17.1 Å². The van der Waals surface area contributed by atoms with Crippen LogP contribution in [0.5, 0.6) is 5.75 Å². The van der Waals surface area contributed by atoms with Crippen LogP contribution in [0.2, 0.25) is 0 Å². The van der Waals surface area contributed by atoms with Crippen LogP contribution in [0.3, 0.4) is 0 Å². The van der Waals surface area contributed by atoms with E-state index >= 15 is 0 Å². The fourth-order valence-corrected chi connectivity index (χ4v) is 1.94. The Morgan fingerprint density at radius 3 is 2.71 bits per heavy atom. The molecule has 0 saturated carbocycles. The normalized spacial score (nSPS) is 12.6. The lowest BCUT2D eigenvalue weighted by Crippen LogP contribution is -2.21. The van der Waals surface area contributed by atoms with Crippen LogP contribution in [0.4, 0.5) is 0 Å². The van der Waals surface area contributed by atoms with E-state index in [9.17, 15) is 0 Å². The van der Waals surface area contributed by atoms with Gasteiger partial charge in [-0.2, -0.15) is 4.98 Å². The second-order valence-corrected chi connectivity index (χ2v) is 5.47. The average Bonchev–Trinajstić information content (AvgIpc) is 2.95. The highest BCUT2D eigenvalue weighted by atomic mass is 16.5. The highest BCUT2D eigenvalue weighted by Gasteiger charge is 2.12. The molecular formula is C16H23N3O2. The van der Waals surface area contributed by atoms with Crippen molar-refractivity contribution in [2.45, 2.75) is 52.2 Å². The summed E-state index contributed by atoms with van der Waals surface area (Å²) in [7, 11) is 0. The number of hydrogen-bond acceptors (Lipinski definition) is 5. The molecule has 1 unspecified atom stereocenters. The minimum Gasteiger partial charge on any atom is -0.483 e. The summed E-state index contributed by atoms with van der Waals surface area (Å²) in [5.41, 5.74) is 7.13. The molecular weight excluding hydrogens is 266 g/mol. The van der Waals surface area contributed by atoms with Gasteiger partial charge in [-0.3, -0.25) is 0 Å². The maximum absolute atomic E-state index is 6.02. The van der Waals surface area contributed by atoms with Crippen molar-refractivity contribution in [3.8, 4) is 5.75 Å². The Hall–Kier alpha value is -1.88. The number of nitrogens with zero attached hydrogens (tertiary/aromatic N) is 2. The van der Waals surface area contributed by atoms with Crippen LogP contribution in [0.25, 0.3) is 0 Å². The van der Waals surface area contributed by atoms with E-state index in [1.54, 1.807) is 0 Å². The molecule has 0 amide bonds. The van der Waals surface area contributed by atoms with Gasteiger partial charge in [0.05, 0.1) is 0 Å². The van der Waals surface area contributed by atoms with Crippen molar-refractivity contribution >= 4 is 0 Å². The Kier molecular flexibility index (Phi) is 5.33. The second-order valence-electron chi connectivity index (χ2n) is 5.47. The maximum Gasteiger partial charge on any atom is 0.264 e. The van der Waals surface area contributed by atoms with Gasteiger partial charge in [0, 0.05) is 12.0 Å². The third-order valence-corrected chi connectivity index (χ3v) is 3.33. The summed E-state index contributed by atoms with van der Waals surface area (Å²) in [6.45, 7) is 6.41. The zero-order valence-electron chi connectivity index (χ0n) is 12.9. The Morgan fingerprint density at radius 1 is 1.29 bits per heavy atom. The number of aromatic nitrogens is 2. The predicted octanol–water partition coefficient (Wildman–Crippen LogP) is 3.05. The molecule has 5 nitrogen and oxygen atoms in total. The molecule has 1 atom stereocenters. The molecule has 5 heteroatoms. The van der Waals surface area contributed by atoms with Gasteiger partial charge < -0.3 is 15.0 Å². The molecule has 2 N–H and O–H groups in total. The fourth-order valence-electron chi connectivity index (χ4n) is 1.94. The van der Waals surface area contributed by atoms with E-state index in [1.165, 1.54) is 0 Å². The van der Waals surface area contributed by atoms with Gasteiger partial charge in [0.1, 0.15) is 5.75 Å². The number of nitrogens with two attached hydrogens (primary N) is 1. The van der Waals surface area contributed by atoms with E-state index in [0.717, 1.165) is 24.2 Å². The molecule has 0 aliphatic rings. The molecule has 0 spiro atoms. The number of benzene rings is 1. The van der Waals surface area contributed by atoms with E-state index in [4.69, 9.17) is 15.0 Å². The van der Waals surface area contributed by atoms with Gasteiger partial charge in [0.15, 0.2) is 12.4 Å². The Labute approximate surface area is 125 Å². The standard InChI is InChI=1S/C16H23N3O2/c1-4-13(17)9-12-7-5-6-8-14(12)20-10-15-18-16(11(2)3)19-21-15/h5-8,11,13H,4,9-10,17H2,1-3H3. The van der Waals surface area contributed by atoms with Gasteiger partial charge in [-0.1, -0.05) is 44.1 Å². The molecule has 2 aromatic rings. The zero-order chi connectivity index (χ0) is 15.2. The van der Waals surface area contributed by atoms with Crippen molar-refractivity contribution in [2.75, 3.05) is 0 Å². The third-order valence-electron chi connectivity index (χ3n) is 3.33. The SMILES string of the molecule is CCC(N)Cc1ccccc1OCc1nc(C(C)C)no1. The monoisotopic (exact) mass is 289 g/mol. The van der Waals surface area contributed by atoms with Crippen LogP contribution in [0.15, 0.2) is 28.8 Å². The lowest BCUT2D eigenvalue weighted by molar-refractivity contribution is 0.240. The number of ether oxygens (including phenoxy) is 1. The van der Waals surface area contributed by atoms with Crippen LogP contribution in [-0.2, 0) is 13.0 Å². The predicted molar refractivity (Wildman–Crippen MR) is 81.1 cm³/mol. The zero-order valence-corrected chi connectivity index (χ0v) is 12.9. The molecule has 114 valence electrons. The van der Waals surface area contributed by atoms with Crippen molar-refractivity contribution in [1.29, 1.82) is 0 Å². The maximum atomic E-state index is 6.02. The highest BCUT2D eigenvalue weighted by molar-refractivity contribution is 5.34. The fraction of sp³-hybridized carbons (Fsp3) is 0.500. The van der Waals surface area contributed by atoms with Crippen LogP contribution in [-0.4, -0.2) is 16.2 Å². The summed E-state index contributed by atoms with van der Waals surface area (Å²) in [4.78, 5) is 4.30. The minimum absolute atomic E-state index is 0.144. The molecule has 0 fully saturated rings. The highest BCUT2D eigenvalue weighted by Crippen LogP contribution is 2.21. The van der Waals surface area contributed by atoms with Crippen molar-refractivity contribution in [1.82, 2.24) is 10.1 Å². The van der Waals surface area contributed by atoms with E-state index in [1.807, 2.05) is 38.1 Å². The molecule has 0 bridgehead atoms. The topological polar surface area (TPSA) is 74.2 Å². The average molecular weight is 289 g/mol. The van der Waals surface area contributed by atoms with Crippen molar-refractivity contribution in [3.05, 3.63) is 41.5 Å². The number of hydrogen-bond donors (Lipinski definition) is 1. The van der Waals surface area contributed by atoms with Gasteiger partial charge in [0.25, 0.3) is 5.89 Å². The third kappa shape index (κ3) is 4.29. The summed E-state index contributed by atoms with van der Waals surface area (Å²) in [5, 5.41) is 3.93. The first-order valence-electron chi connectivity index (χ1n) is 7.39. The molecule has 2 rings (SSSR count). The van der Waals surface area contributed by atoms with E-state index in [-0.39, 0.29) is 18.6 Å². The van der Waals surface area contributed by atoms with E-state index in [0.29, 0.717) is 11.7 Å². The first-order valence-corrected chi connectivity index (χ1v) is 7.39. The lowest BCUT2D eigenvalue weighted by Gasteiger charge is -2.13. The Balaban J connectivity index is 2.02. The summed E-state index contributed by atoms with van der Waals surface area (Å²) in [5.74, 6) is 2.27. The molecule has 1 heterocycles. The van der Waals surface area contributed by atoms with Crippen LogP contribution in [0, 0.1) is 0 Å². The Morgan fingerprint density at radius 2 is 2.05 bits per heavy atom. The van der Waals surface area contributed by atoms with Gasteiger partial charge in [-0.15, -0.1) is 0 Å². The molecule has 0 aliphatic heterocycles. The van der Waals surface area contributed by atoms with Gasteiger partial charge >= 0.3 is 0 Å². The molecule has 0 radical (unpaired) electrons. The van der Waals surface area contributed by atoms with Crippen LogP contribution < -0.4 is 10.5 Å². The molecule has 0 aliphatic carbocycles. The first-order chi connectivity index (χ1) is 10.1.